The van der Waals surface area contributed by atoms with E-state index in [0.717, 1.165) is 66.9 Å². The van der Waals surface area contributed by atoms with Gasteiger partial charge in [0.25, 0.3) is 11.8 Å². The Bertz CT molecular complexity index is 1610. The number of amides is 2. The Balaban J connectivity index is 1.06. The van der Waals surface area contributed by atoms with Crippen LogP contribution < -0.4 is 15.4 Å². The maximum atomic E-state index is 14.2. The van der Waals surface area contributed by atoms with Crippen LogP contribution in [0.5, 0.6) is 11.6 Å². The van der Waals surface area contributed by atoms with Gasteiger partial charge in [-0.2, -0.15) is 5.10 Å². The van der Waals surface area contributed by atoms with E-state index in [1.54, 1.807) is 6.07 Å². The quantitative estimate of drug-likeness (QED) is 0.211. The maximum absolute atomic E-state index is 14.2. The highest BCUT2D eigenvalue weighted by molar-refractivity contribution is 6.18. The molecule has 44 heavy (non-hydrogen) atoms. The Hall–Kier alpha value is -4.24. The van der Waals surface area contributed by atoms with Crippen molar-refractivity contribution in [3.63, 3.8) is 0 Å². The third-order valence-corrected chi connectivity index (χ3v) is 8.52. The molecule has 2 aromatic carbocycles. The first-order valence-corrected chi connectivity index (χ1v) is 15.8. The zero-order valence-electron chi connectivity index (χ0n) is 24.4. The molecule has 0 bridgehead atoms. The number of carbonyl (C=O) groups excluding carboxylic acids is 2. The van der Waals surface area contributed by atoms with Gasteiger partial charge in [0.1, 0.15) is 22.8 Å². The summed E-state index contributed by atoms with van der Waals surface area (Å²) in [6, 6.07) is 18.5. The van der Waals surface area contributed by atoms with E-state index >= 15 is 0 Å². The molecule has 0 saturated heterocycles. The minimum absolute atomic E-state index is 0.00733. The summed E-state index contributed by atoms with van der Waals surface area (Å²) >= 11 is 5.85. The number of nitrogens with one attached hydrogen (secondary N) is 2. The molecule has 4 aromatic rings. The molecule has 10 heteroatoms. The number of carbonyl (C=O) groups is 2. The summed E-state index contributed by atoms with van der Waals surface area (Å²) in [6.07, 6.45) is 7.80. The number of aromatic nitrogens is 3. The van der Waals surface area contributed by atoms with Gasteiger partial charge in [0.2, 0.25) is 5.88 Å². The predicted octanol–water partition coefficient (Wildman–Crippen LogP) is 6.47. The highest BCUT2D eigenvalue weighted by Gasteiger charge is 2.27. The van der Waals surface area contributed by atoms with E-state index in [4.69, 9.17) is 16.3 Å². The maximum Gasteiger partial charge on any atom is 0.272 e. The minimum Gasteiger partial charge on any atom is -0.438 e. The number of hydrogen-bond donors (Lipinski definition) is 2. The van der Waals surface area contributed by atoms with Gasteiger partial charge in [-0.05, 0) is 92.3 Å². The van der Waals surface area contributed by atoms with E-state index in [9.17, 15) is 14.0 Å². The molecule has 1 saturated carbocycles. The van der Waals surface area contributed by atoms with E-state index in [1.807, 2.05) is 53.2 Å². The number of nitrogens with zero attached hydrogens (tertiary/aromatic N) is 3. The Morgan fingerprint density at radius 3 is 2.41 bits per heavy atom. The second-order valence-electron chi connectivity index (χ2n) is 11.5. The number of pyridine rings is 1. The molecular weight excluding hydrogens is 581 g/mol. The normalized spacial score (nSPS) is 17.9. The predicted molar refractivity (Wildman–Crippen MR) is 167 cm³/mol. The highest BCUT2D eigenvalue weighted by Crippen LogP contribution is 2.29. The number of aryl methyl sites for hydroxylation is 3. The van der Waals surface area contributed by atoms with Gasteiger partial charge < -0.3 is 15.4 Å². The summed E-state index contributed by atoms with van der Waals surface area (Å²) in [5.41, 5.74) is 4.71. The number of rotatable bonds is 9. The molecule has 2 N–H and O–H groups in total. The molecule has 1 aliphatic carbocycles. The fourth-order valence-corrected chi connectivity index (χ4v) is 6.15. The lowest BCUT2D eigenvalue weighted by molar-refractivity contribution is 0.0887. The number of ether oxygens (including phenoxy) is 1. The second-order valence-corrected chi connectivity index (χ2v) is 11.8. The topological polar surface area (TPSA) is 98.1 Å². The van der Waals surface area contributed by atoms with Gasteiger partial charge in [-0.15, -0.1) is 11.6 Å². The van der Waals surface area contributed by atoms with Gasteiger partial charge in [0.05, 0.1) is 6.20 Å². The van der Waals surface area contributed by atoms with Crippen LogP contribution in [-0.4, -0.2) is 44.5 Å². The van der Waals surface area contributed by atoms with Crippen molar-refractivity contribution in [2.24, 2.45) is 0 Å². The summed E-state index contributed by atoms with van der Waals surface area (Å²) in [6.45, 7) is 0.859. The molecule has 2 aromatic heterocycles. The molecule has 6 rings (SSSR count). The molecule has 3 heterocycles. The molecule has 1 aliphatic heterocycles. The Morgan fingerprint density at radius 2 is 1.68 bits per heavy atom. The van der Waals surface area contributed by atoms with Crippen LogP contribution in [0.4, 0.5) is 4.39 Å². The van der Waals surface area contributed by atoms with Crippen LogP contribution in [0.1, 0.15) is 70.6 Å². The van der Waals surface area contributed by atoms with E-state index in [0.29, 0.717) is 43.0 Å². The lowest BCUT2D eigenvalue weighted by Crippen LogP contribution is -2.44. The van der Waals surface area contributed by atoms with Gasteiger partial charge in [0, 0.05) is 30.2 Å². The van der Waals surface area contributed by atoms with Crippen molar-refractivity contribution < 1.29 is 18.7 Å². The van der Waals surface area contributed by atoms with E-state index in [-0.39, 0.29) is 29.4 Å². The van der Waals surface area contributed by atoms with Gasteiger partial charge in [-0.1, -0.05) is 36.4 Å². The van der Waals surface area contributed by atoms with Gasteiger partial charge in [-0.25, -0.2) is 9.37 Å². The zero-order valence-corrected chi connectivity index (χ0v) is 25.2. The average Bonchev–Trinajstić information content (AvgIpc) is 3.48. The van der Waals surface area contributed by atoms with Crippen molar-refractivity contribution in [1.29, 1.82) is 0 Å². The van der Waals surface area contributed by atoms with E-state index in [2.05, 4.69) is 20.7 Å². The lowest BCUT2D eigenvalue weighted by Gasteiger charge is -2.29. The fourth-order valence-electron chi connectivity index (χ4n) is 5.93. The Morgan fingerprint density at radius 1 is 0.932 bits per heavy atom. The number of halogens is 2. The first-order chi connectivity index (χ1) is 21.4. The molecule has 0 atom stereocenters. The number of hydrogen-bond acceptors (Lipinski definition) is 5. The lowest BCUT2D eigenvalue weighted by atomic mass is 9.91. The van der Waals surface area contributed by atoms with Crippen LogP contribution in [0.25, 0.3) is 11.1 Å². The van der Waals surface area contributed by atoms with Crippen molar-refractivity contribution in [2.75, 3.05) is 5.88 Å². The Kier molecular flexibility index (Phi) is 9.21. The minimum atomic E-state index is -0.624. The van der Waals surface area contributed by atoms with Crippen LogP contribution in [0.3, 0.4) is 0 Å². The smallest absolute Gasteiger partial charge is 0.272 e. The number of fused-ring (bicyclic) bond motifs is 1. The summed E-state index contributed by atoms with van der Waals surface area (Å²) in [5, 5.41) is 10.6. The number of alkyl halides is 1. The first kappa shape index (κ1) is 29.8. The van der Waals surface area contributed by atoms with Crippen LogP contribution in [0.15, 0.2) is 66.9 Å². The zero-order chi connectivity index (χ0) is 30.5. The average molecular weight is 616 g/mol. The summed E-state index contributed by atoms with van der Waals surface area (Å²) in [7, 11) is 0. The summed E-state index contributed by atoms with van der Waals surface area (Å²) < 4.78 is 22.2. The molecule has 0 radical (unpaired) electrons. The summed E-state index contributed by atoms with van der Waals surface area (Å²) in [5.74, 6) is -0.150. The summed E-state index contributed by atoms with van der Waals surface area (Å²) in [4.78, 5) is 30.2. The van der Waals surface area contributed by atoms with Crippen LogP contribution in [-0.2, 0) is 19.4 Å². The van der Waals surface area contributed by atoms with Crippen molar-refractivity contribution in [1.82, 2.24) is 25.4 Å². The first-order valence-electron chi connectivity index (χ1n) is 15.2. The second kappa shape index (κ2) is 13.6. The fraction of sp³-hybridized carbons (Fsp3) is 0.353. The highest BCUT2D eigenvalue weighted by atomic mass is 35.5. The Labute approximate surface area is 261 Å². The molecule has 2 amide bonds. The molecule has 0 unspecified atom stereocenters. The van der Waals surface area contributed by atoms with E-state index < -0.39 is 11.7 Å². The third-order valence-electron chi connectivity index (χ3n) is 8.33. The standard InChI is InChI=1S/C34H35ClFN5O3/c35-16-15-22-7-9-23(10-8-22)24-4-3-6-29(18-24)44-34-30(19-25(36)21-37-34)32(42)38-26-11-13-27(14-12-26)39-33(43)31-20-28-5-1-2-17-41(28)40-31/h3-4,6-10,18-21,26-27H,1-2,5,11-17H2,(H,38,42)(H,39,43). The molecular formula is C34H35ClFN5O3. The number of benzene rings is 2. The van der Waals surface area contributed by atoms with Crippen molar-refractivity contribution >= 4 is 23.4 Å². The van der Waals surface area contributed by atoms with Crippen LogP contribution in [0.2, 0.25) is 0 Å². The van der Waals surface area contributed by atoms with Gasteiger partial charge in [-0.3, -0.25) is 14.3 Å². The van der Waals surface area contributed by atoms with Gasteiger partial charge in [0.15, 0.2) is 0 Å². The van der Waals surface area contributed by atoms with Crippen molar-refractivity contribution in [3.8, 4) is 22.8 Å². The molecule has 228 valence electrons. The monoisotopic (exact) mass is 615 g/mol. The van der Waals surface area contributed by atoms with Crippen LogP contribution >= 0.6 is 11.6 Å². The SMILES string of the molecule is O=C(NC1CCC(NC(=O)c2cc(F)cnc2Oc2cccc(-c3ccc(CCCl)cc3)c2)CC1)c1cc2n(n1)CCCC2. The molecule has 0 spiro atoms. The van der Waals surface area contributed by atoms with Crippen molar-refractivity contribution in [2.45, 2.75) is 70.0 Å². The van der Waals surface area contributed by atoms with Crippen molar-refractivity contribution in [3.05, 3.63) is 95.2 Å². The third kappa shape index (κ3) is 7.10. The van der Waals surface area contributed by atoms with E-state index in [1.165, 1.54) is 0 Å². The van der Waals surface area contributed by atoms with Gasteiger partial charge >= 0.3 is 0 Å². The largest absolute Gasteiger partial charge is 0.438 e. The molecule has 8 nitrogen and oxygen atoms in total. The molecule has 1 fully saturated rings. The van der Waals surface area contributed by atoms with Crippen LogP contribution in [0, 0.1) is 5.82 Å². The molecule has 2 aliphatic rings.